The number of nitrogens with zero attached hydrogens (tertiary/aromatic N) is 2. The summed E-state index contributed by atoms with van der Waals surface area (Å²) in [5, 5.41) is 0.656. The van der Waals surface area contributed by atoms with Gasteiger partial charge >= 0.3 is 0 Å². The van der Waals surface area contributed by atoms with E-state index in [1.54, 1.807) is 0 Å². The first-order valence-corrected chi connectivity index (χ1v) is 12.5. The van der Waals surface area contributed by atoms with Gasteiger partial charge in [-0.15, -0.1) is 0 Å². The number of aromatic nitrogens is 1. The molecule has 2 aromatic carbocycles. The molecule has 1 aliphatic carbocycles. The summed E-state index contributed by atoms with van der Waals surface area (Å²) >= 11 is 6.90. The van der Waals surface area contributed by atoms with E-state index in [9.17, 15) is 0 Å². The number of halogens is 1. The third-order valence-electron chi connectivity index (χ3n) is 7.08. The zero-order valence-electron chi connectivity index (χ0n) is 19.9. The van der Waals surface area contributed by atoms with Gasteiger partial charge in [-0.2, -0.15) is 0 Å². The van der Waals surface area contributed by atoms with Gasteiger partial charge in [0.1, 0.15) is 5.15 Å². The molecule has 1 aliphatic rings. The Kier molecular flexibility index (Phi) is 7.33. The van der Waals surface area contributed by atoms with Crippen molar-refractivity contribution in [2.45, 2.75) is 71.9 Å². The zero-order valence-corrected chi connectivity index (χ0v) is 20.7. The second-order valence-corrected chi connectivity index (χ2v) is 9.33. The fourth-order valence-corrected chi connectivity index (χ4v) is 5.59. The lowest BCUT2D eigenvalue weighted by atomic mass is 9.86. The third kappa shape index (κ3) is 4.49. The molecule has 0 saturated heterocycles. The summed E-state index contributed by atoms with van der Waals surface area (Å²) < 4.78 is 0. The Morgan fingerprint density at radius 1 is 0.938 bits per heavy atom. The van der Waals surface area contributed by atoms with Crippen molar-refractivity contribution < 1.29 is 0 Å². The number of aryl methyl sites for hydroxylation is 4. The van der Waals surface area contributed by atoms with Crippen LogP contribution in [0, 0.1) is 0 Å². The van der Waals surface area contributed by atoms with Crippen LogP contribution in [-0.2, 0) is 32.2 Å². The highest BCUT2D eigenvalue weighted by atomic mass is 35.5. The number of pyridine rings is 1. The predicted octanol–water partition coefficient (Wildman–Crippen LogP) is 7.60. The van der Waals surface area contributed by atoms with E-state index in [4.69, 9.17) is 16.6 Å². The molecule has 32 heavy (non-hydrogen) atoms. The standard InChI is InChI=1S/C29H35ClN2/c1-5-20-13-10-14-21(6-2)28(20)26-18-22(7-3)25(29(30)31-26)19-32(4)27-17-11-15-23-12-8-9-16-24(23)27/h8-10,12-14,16,18,27H,5-7,11,15,17,19H2,1-4H3/t27-/m0/s1. The Morgan fingerprint density at radius 2 is 1.62 bits per heavy atom. The molecule has 3 heteroatoms. The molecule has 0 amide bonds. The van der Waals surface area contributed by atoms with Gasteiger partial charge in [0.05, 0.1) is 5.69 Å². The summed E-state index contributed by atoms with van der Waals surface area (Å²) in [6, 6.07) is 18.2. The van der Waals surface area contributed by atoms with E-state index in [1.807, 2.05) is 0 Å². The molecular formula is C29H35ClN2. The van der Waals surface area contributed by atoms with E-state index in [0.29, 0.717) is 11.2 Å². The summed E-state index contributed by atoms with van der Waals surface area (Å²) in [4.78, 5) is 7.42. The maximum absolute atomic E-state index is 6.90. The molecule has 0 fully saturated rings. The third-order valence-corrected chi connectivity index (χ3v) is 7.39. The molecule has 0 radical (unpaired) electrons. The van der Waals surface area contributed by atoms with Crippen molar-refractivity contribution in [3.8, 4) is 11.3 Å². The second kappa shape index (κ2) is 10.2. The molecule has 1 heterocycles. The van der Waals surface area contributed by atoms with E-state index < -0.39 is 0 Å². The highest BCUT2D eigenvalue weighted by Crippen LogP contribution is 2.36. The summed E-state index contributed by atoms with van der Waals surface area (Å²) in [5.41, 5.74) is 10.4. The Hall–Kier alpha value is -2.16. The Labute approximate surface area is 198 Å². The lowest BCUT2D eigenvalue weighted by Crippen LogP contribution is -2.28. The highest BCUT2D eigenvalue weighted by molar-refractivity contribution is 6.30. The van der Waals surface area contributed by atoms with Crippen LogP contribution in [0.1, 0.15) is 73.0 Å². The van der Waals surface area contributed by atoms with Crippen LogP contribution in [-0.4, -0.2) is 16.9 Å². The van der Waals surface area contributed by atoms with Crippen molar-refractivity contribution in [2.75, 3.05) is 7.05 Å². The number of benzene rings is 2. The molecule has 0 aliphatic heterocycles. The quantitative estimate of drug-likeness (QED) is 0.347. The van der Waals surface area contributed by atoms with E-state index in [-0.39, 0.29) is 0 Å². The van der Waals surface area contributed by atoms with Gasteiger partial charge in [0, 0.05) is 23.7 Å². The summed E-state index contributed by atoms with van der Waals surface area (Å²) in [7, 11) is 2.23. The molecule has 168 valence electrons. The van der Waals surface area contributed by atoms with Gasteiger partial charge in [-0.1, -0.05) is 74.8 Å². The number of rotatable bonds is 7. The van der Waals surface area contributed by atoms with Gasteiger partial charge in [-0.05, 0) is 79.5 Å². The van der Waals surface area contributed by atoms with Crippen LogP contribution >= 0.6 is 11.6 Å². The van der Waals surface area contributed by atoms with E-state index in [0.717, 1.165) is 31.5 Å². The molecule has 0 bridgehead atoms. The lowest BCUT2D eigenvalue weighted by Gasteiger charge is -2.34. The van der Waals surface area contributed by atoms with Crippen LogP contribution in [0.3, 0.4) is 0 Å². The van der Waals surface area contributed by atoms with Crippen LogP contribution in [0.15, 0.2) is 48.5 Å². The van der Waals surface area contributed by atoms with E-state index in [2.05, 4.69) is 81.2 Å². The zero-order chi connectivity index (χ0) is 22.7. The van der Waals surface area contributed by atoms with Gasteiger partial charge in [0.25, 0.3) is 0 Å². The highest BCUT2D eigenvalue weighted by Gasteiger charge is 2.25. The van der Waals surface area contributed by atoms with Gasteiger partial charge in [0.2, 0.25) is 0 Å². The Bertz CT molecular complexity index is 1070. The Balaban J connectivity index is 1.69. The van der Waals surface area contributed by atoms with Gasteiger partial charge in [0.15, 0.2) is 0 Å². The molecular weight excluding hydrogens is 412 g/mol. The molecule has 0 saturated carbocycles. The topological polar surface area (TPSA) is 16.1 Å². The smallest absolute Gasteiger partial charge is 0.134 e. The molecule has 0 spiro atoms. The summed E-state index contributed by atoms with van der Waals surface area (Å²) in [6.45, 7) is 7.48. The summed E-state index contributed by atoms with van der Waals surface area (Å²) in [5.74, 6) is 0. The largest absolute Gasteiger partial charge is 0.295 e. The first-order chi connectivity index (χ1) is 15.6. The molecule has 1 aromatic heterocycles. The molecule has 2 nitrogen and oxygen atoms in total. The number of fused-ring (bicyclic) bond motifs is 1. The minimum absolute atomic E-state index is 0.438. The fourth-order valence-electron chi connectivity index (χ4n) is 5.32. The maximum atomic E-state index is 6.90. The van der Waals surface area contributed by atoms with E-state index >= 15 is 0 Å². The number of hydrogen-bond donors (Lipinski definition) is 0. The maximum Gasteiger partial charge on any atom is 0.134 e. The molecule has 0 N–H and O–H groups in total. The molecule has 4 rings (SSSR count). The van der Waals surface area contributed by atoms with Crippen molar-refractivity contribution in [3.05, 3.63) is 87.1 Å². The average molecular weight is 447 g/mol. The molecule has 1 atom stereocenters. The van der Waals surface area contributed by atoms with Crippen LogP contribution in [0.4, 0.5) is 0 Å². The molecule has 3 aromatic rings. The van der Waals surface area contributed by atoms with Gasteiger partial charge in [-0.3, -0.25) is 4.90 Å². The predicted molar refractivity (Wildman–Crippen MR) is 136 cm³/mol. The average Bonchev–Trinajstić information content (AvgIpc) is 2.83. The van der Waals surface area contributed by atoms with Crippen LogP contribution < -0.4 is 0 Å². The Morgan fingerprint density at radius 3 is 2.31 bits per heavy atom. The SMILES string of the molecule is CCc1cc(-c2c(CC)cccc2CC)nc(Cl)c1CN(C)[C@H]1CCCc2ccccc21. The molecule has 0 unspecified atom stereocenters. The minimum Gasteiger partial charge on any atom is -0.295 e. The van der Waals surface area contributed by atoms with Crippen molar-refractivity contribution in [2.24, 2.45) is 0 Å². The minimum atomic E-state index is 0.438. The monoisotopic (exact) mass is 446 g/mol. The van der Waals surface area contributed by atoms with Crippen molar-refractivity contribution in [1.29, 1.82) is 0 Å². The van der Waals surface area contributed by atoms with Crippen LogP contribution in [0.5, 0.6) is 0 Å². The van der Waals surface area contributed by atoms with Crippen molar-refractivity contribution >= 4 is 11.6 Å². The first kappa shape index (κ1) is 23.0. The van der Waals surface area contributed by atoms with Gasteiger partial charge in [-0.25, -0.2) is 4.98 Å². The van der Waals surface area contributed by atoms with Crippen molar-refractivity contribution in [1.82, 2.24) is 9.88 Å². The van der Waals surface area contributed by atoms with E-state index in [1.165, 1.54) is 58.2 Å². The van der Waals surface area contributed by atoms with Gasteiger partial charge < -0.3 is 0 Å². The summed E-state index contributed by atoms with van der Waals surface area (Å²) in [6.07, 6.45) is 6.57. The van der Waals surface area contributed by atoms with Crippen LogP contribution in [0.2, 0.25) is 5.15 Å². The second-order valence-electron chi connectivity index (χ2n) is 8.97. The van der Waals surface area contributed by atoms with Crippen LogP contribution in [0.25, 0.3) is 11.3 Å². The van der Waals surface area contributed by atoms with Crippen molar-refractivity contribution in [3.63, 3.8) is 0 Å². The number of hydrogen-bond acceptors (Lipinski definition) is 2. The fraction of sp³-hybridized carbons (Fsp3) is 0.414. The lowest BCUT2D eigenvalue weighted by molar-refractivity contribution is 0.212. The first-order valence-electron chi connectivity index (χ1n) is 12.1. The normalized spacial score (nSPS) is 15.8.